The number of nitrogens with zero attached hydrogens (tertiary/aromatic N) is 2. The molecule has 1 aliphatic carbocycles. The highest BCUT2D eigenvalue weighted by atomic mass is 32.1. The summed E-state index contributed by atoms with van der Waals surface area (Å²) >= 11 is 5.79. The van der Waals surface area contributed by atoms with Crippen LogP contribution in [0, 0.1) is 5.92 Å². The van der Waals surface area contributed by atoms with Crippen LogP contribution in [0.3, 0.4) is 0 Å². The van der Waals surface area contributed by atoms with Crippen LogP contribution < -0.4 is 5.32 Å². The first-order valence-electron chi connectivity index (χ1n) is 9.23. The summed E-state index contributed by atoms with van der Waals surface area (Å²) in [5.41, 5.74) is 2.11. The third kappa shape index (κ3) is 4.35. The summed E-state index contributed by atoms with van der Waals surface area (Å²) in [6.45, 7) is 5.46. The number of hydrogen-bond donors (Lipinski definition) is 1. The predicted octanol–water partition coefficient (Wildman–Crippen LogP) is 2.98. The van der Waals surface area contributed by atoms with Crippen LogP contribution in [0.25, 0.3) is 10.9 Å². The molecule has 5 heteroatoms. The number of fused-ring (bicyclic) bond motifs is 1. The lowest BCUT2D eigenvalue weighted by molar-refractivity contribution is 0.0372. The fourth-order valence-corrected chi connectivity index (χ4v) is 3.60. The number of aromatic nitrogens is 1. The Morgan fingerprint density at radius 2 is 2.00 bits per heavy atom. The molecule has 2 fully saturated rings. The van der Waals surface area contributed by atoms with Gasteiger partial charge in [-0.2, -0.15) is 0 Å². The van der Waals surface area contributed by atoms with Crippen molar-refractivity contribution in [2.45, 2.75) is 18.8 Å². The van der Waals surface area contributed by atoms with E-state index in [0.717, 1.165) is 61.5 Å². The lowest BCUT2D eigenvalue weighted by atomic mass is 10.0. The molecule has 1 unspecified atom stereocenters. The number of para-hydroxylation sites is 1. The molecule has 1 saturated heterocycles. The normalized spacial score (nSPS) is 19.7. The Labute approximate surface area is 154 Å². The van der Waals surface area contributed by atoms with Gasteiger partial charge in [0.1, 0.15) is 0 Å². The number of hydrogen-bond acceptors (Lipinski definition) is 4. The summed E-state index contributed by atoms with van der Waals surface area (Å²) in [6.07, 6.45) is 2.66. The van der Waals surface area contributed by atoms with Gasteiger partial charge in [0, 0.05) is 31.6 Å². The molecular weight excluding hydrogens is 330 g/mol. The molecule has 4 rings (SSSR count). The second-order valence-electron chi connectivity index (χ2n) is 7.08. The van der Waals surface area contributed by atoms with E-state index < -0.39 is 0 Å². The second kappa shape index (κ2) is 7.77. The first-order valence-corrected chi connectivity index (χ1v) is 9.64. The standard InChI is InChI=1S/C20H25N3OS/c25-20(21-13-15-5-6-15)17(14-23-9-11-24-12-10-23)19-8-7-16-3-1-2-4-18(16)22-19/h1-4,7-8,15,17H,5-6,9-14H2,(H,21,25). The van der Waals surface area contributed by atoms with Crippen molar-refractivity contribution in [3.63, 3.8) is 0 Å². The Morgan fingerprint density at radius 3 is 2.80 bits per heavy atom. The number of thiocarbonyl (C=S) groups is 1. The van der Waals surface area contributed by atoms with Crippen molar-refractivity contribution in [1.29, 1.82) is 0 Å². The predicted molar refractivity (Wildman–Crippen MR) is 105 cm³/mol. The summed E-state index contributed by atoms with van der Waals surface area (Å²) in [6, 6.07) is 12.6. The molecule has 1 aromatic carbocycles. The zero-order chi connectivity index (χ0) is 17.1. The Bertz CT molecular complexity index is 741. The van der Waals surface area contributed by atoms with Gasteiger partial charge in [-0.3, -0.25) is 9.88 Å². The molecule has 1 N–H and O–H groups in total. The molecule has 0 amide bonds. The third-order valence-electron chi connectivity index (χ3n) is 5.10. The van der Waals surface area contributed by atoms with E-state index in [2.05, 4.69) is 40.5 Å². The van der Waals surface area contributed by atoms with Gasteiger partial charge in [0.15, 0.2) is 0 Å². The molecule has 0 bridgehead atoms. The summed E-state index contributed by atoms with van der Waals surface area (Å²) in [5, 5.41) is 4.69. The average Bonchev–Trinajstić information content (AvgIpc) is 3.49. The largest absolute Gasteiger partial charge is 0.379 e. The molecule has 0 radical (unpaired) electrons. The molecule has 132 valence electrons. The molecule has 2 aliphatic rings. The smallest absolute Gasteiger partial charge is 0.0858 e. The quantitative estimate of drug-likeness (QED) is 0.807. The number of morpholine rings is 1. The molecule has 2 aromatic rings. The highest BCUT2D eigenvalue weighted by Gasteiger charge is 2.26. The maximum atomic E-state index is 5.79. The van der Waals surface area contributed by atoms with Gasteiger partial charge in [0.05, 0.1) is 35.3 Å². The van der Waals surface area contributed by atoms with Crippen molar-refractivity contribution >= 4 is 28.1 Å². The molecule has 25 heavy (non-hydrogen) atoms. The monoisotopic (exact) mass is 355 g/mol. The summed E-state index contributed by atoms with van der Waals surface area (Å²) in [4.78, 5) is 8.29. The first-order chi connectivity index (χ1) is 12.3. The molecule has 4 nitrogen and oxygen atoms in total. The number of pyridine rings is 1. The number of nitrogens with one attached hydrogen (secondary N) is 1. The number of ether oxygens (including phenoxy) is 1. The average molecular weight is 356 g/mol. The van der Waals surface area contributed by atoms with Gasteiger partial charge in [0.2, 0.25) is 0 Å². The summed E-state index contributed by atoms with van der Waals surface area (Å²) in [5.74, 6) is 0.947. The zero-order valence-corrected chi connectivity index (χ0v) is 15.3. The molecule has 0 spiro atoms. The van der Waals surface area contributed by atoms with Crippen LogP contribution in [0.2, 0.25) is 0 Å². The zero-order valence-electron chi connectivity index (χ0n) is 14.5. The lowest BCUT2D eigenvalue weighted by Crippen LogP contribution is -2.42. The molecule has 1 aromatic heterocycles. The van der Waals surface area contributed by atoms with E-state index in [0.29, 0.717) is 0 Å². The highest BCUT2D eigenvalue weighted by Crippen LogP contribution is 2.28. The highest BCUT2D eigenvalue weighted by molar-refractivity contribution is 7.80. The Balaban J connectivity index is 1.55. The van der Waals surface area contributed by atoms with Crippen LogP contribution in [0.1, 0.15) is 24.5 Å². The van der Waals surface area contributed by atoms with Crippen LogP contribution >= 0.6 is 12.2 Å². The minimum atomic E-state index is 0.136. The SMILES string of the molecule is S=C(NCC1CC1)C(CN1CCOCC1)c1ccc2ccccc2n1. The van der Waals surface area contributed by atoms with E-state index in [1.165, 1.54) is 18.2 Å². The fraction of sp³-hybridized carbons (Fsp3) is 0.500. The number of rotatable bonds is 6. The van der Waals surface area contributed by atoms with Crippen molar-refractivity contribution in [2.75, 3.05) is 39.4 Å². The molecular formula is C20H25N3OS. The van der Waals surface area contributed by atoms with Gasteiger partial charge in [-0.15, -0.1) is 0 Å². The van der Waals surface area contributed by atoms with E-state index in [9.17, 15) is 0 Å². The minimum absolute atomic E-state index is 0.136. The van der Waals surface area contributed by atoms with Crippen molar-refractivity contribution < 1.29 is 4.74 Å². The van der Waals surface area contributed by atoms with E-state index in [1.807, 2.05) is 6.07 Å². The molecule has 1 saturated carbocycles. The van der Waals surface area contributed by atoms with Crippen molar-refractivity contribution in [2.24, 2.45) is 5.92 Å². The second-order valence-corrected chi connectivity index (χ2v) is 7.52. The van der Waals surface area contributed by atoms with Gasteiger partial charge in [-0.1, -0.05) is 36.5 Å². The fourth-order valence-electron chi connectivity index (χ4n) is 3.32. The molecule has 1 aliphatic heterocycles. The molecule has 1 atom stereocenters. The van der Waals surface area contributed by atoms with Crippen LogP contribution in [0.5, 0.6) is 0 Å². The van der Waals surface area contributed by atoms with Crippen molar-refractivity contribution in [1.82, 2.24) is 15.2 Å². The van der Waals surface area contributed by atoms with Crippen LogP contribution in [0.4, 0.5) is 0 Å². The van der Waals surface area contributed by atoms with E-state index in [-0.39, 0.29) is 5.92 Å². The lowest BCUT2D eigenvalue weighted by Gasteiger charge is -2.31. The van der Waals surface area contributed by atoms with Crippen molar-refractivity contribution in [3.05, 3.63) is 42.1 Å². The summed E-state index contributed by atoms with van der Waals surface area (Å²) in [7, 11) is 0. The Hall–Kier alpha value is -1.56. The maximum Gasteiger partial charge on any atom is 0.0858 e. The van der Waals surface area contributed by atoms with Gasteiger partial charge < -0.3 is 10.1 Å². The van der Waals surface area contributed by atoms with Gasteiger partial charge >= 0.3 is 0 Å². The van der Waals surface area contributed by atoms with E-state index in [1.54, 1.807) is 0 Å². The third-order valence-corrected chi connectivity index (χ3v) is 5.53. The van der Waals surface area contributed by atoms with Gasteiger partial charge in [-0.25, -0.2) is 0 Å². The van der Waals surface area contributed by atoms with Gasteiger partial charge in [0.25, 0.3) is 0 Å². The van der Waals surface area contributed by atoms with Crippen LogP contribution in [0.15, 0.2) is 36.4 Å². The van der Waals surface area contributed by atoms with E-state index >= 15 is 0 Å². The summed E-state index contributed by atoms with van der Waals surface area (Å²) < 4.78 is 5.49. The van der Waals surface area contributed by atoms with Gasteiger partial charge in [-0.05, 0) is 30.9 Å². The Kier molecular flexibility index (Phi) is 5.25. The maximum absolute atomic E-state index is 5.79. The van der Waals surface area contributed by atoms with E-state index in [4.69, 9.17) is 21.9 Å². The number of benzene rings is 1. The van der Waals surface area contributed by atoms with Crippen LogP contribution in [-0.4, -0.2) is 54.3 Å². The minimum Gasteiger partial charge on any atom is -0.379 e. The topological polar surface area (TPSA) is 37.4 Å². The Morgan fingerprint density at radius 1 is 1.20 bits per heavy atom. The first kappa shape index (κ1) is 16.9. The van der Waals surface area contributed by atoms with Crippen LogP contribution in [-0.2, 0) is 4.74 Å². The van der Waals surface area contributed by atoms with Crippen molar-refractivity contribution in [3.8, 4) is 0 Å². The molecule has 2 heterocycles.